The molecule has 0 atom stereocenters. The Kier molecular flexibility index (Phi) is 4.18. The molecule has 0 fully saturated rings. The summed E-state index contributed by atoms with van der Waals surface area (Å²) in [4.78, 5) is 5.42. The van der Waals surface area contributed by atoms with Gasteiger partial charge in [0.25, 0.3) is 0 Å². The summed E-state index contributed by atoms with van der Waals surface area (Å²) in [5.41, 5.74) is 6.28. The Morgan fingerprint density at radius 2 is 2.22 bits per heavy atom. The zero-order valence-electron chi connectivity index (χ0n) is 9.48. The number of nitrogens with zero attached hydrogens (tertiary/aromatic N) is 2. The van der Waals surface area contributed by atoms with E-state index in [0.29, 0.717) is 11.5 Å². The van der Waals surface area contributed by atoms with Crippen LogP contribution in [0, 0.1) is 11.3 Å². The summed E-state index contributed by atoms with van der Waals surface area (Å²) < 4.78 is 1.13. The molecule has 2 rings (SSSR count). The average Bonchev–Trinajstić information content (AvgIpc) is 2.77. The lowest BCUT2D eigenvalue weighted by Crippen LogP contribution is -2.06. The van der Waals surface area contributed by atoms with Gasteiger partial charge in [0.2, 0.25) is 0 Å². The molecular weight excluding hydrogens is 312 g/mol. The Labute approximate surface area is 118 Å². The zero-order valence-corrected chi connectivity index (χ0v) is 11.9. The number of pyridine rings is 1. The predicted molar refractivity (Wildman–Crippen MR) is 77.6 cm³/mol. The number of nitrogens with one attached hydrogen (secondary N) is 1. The number of hydrogen-bond donors (Lipinski definition) is 2. The Morgan fingerprint density at radius 3 is 2.89 bits per heavy atom. The number of halogens is 1. The molecule has 2 heterocycles. The molecule has 0 aliphatic heterocycles. The van der Waals surface area contributed by atoms with Crippen LogP contribution >= 0.6 is 27.3 Å². The van der Waals surface area contributed by atoms with Gasteiger partial charge in [-0.3, -0.25) is 0 Å². The molecule has 0 unspecified atom stereocenters. The van der Waals surface area contributed by atoms with Gasteiger partial charge in [-0.05, 0) is 46.6 Å². The van der Waals surface area contributed by atoms with Crippen molar-refractivity contribution in [3.8, 4) is 6.07 Å². The number of nitrogen functional groups attached to an aromatic ring is 1. The summed E-state index contributed by atoms with van der Waals surface area (Å²) in [6.45, 7) is 0.773. The van der Waals surface area contributed by atoms with Crippen LogP contribution in [0.2, 0.25) is 0 Å². The fraction of sp³-hybridized carbons (Fsp3) is 0.167. The van der Waals surface area contributed by atoms with Crippen molar-refractivity contribution in [2.45, 2.75) is 6.42 Å². The van der Waals surface area contributed by atoms with Gasteiger partial charge in [0.1, 0.15) is 11.9 Å². The lowest BCUT2D eigenvalue weighted by atomic mass is 10.3. The van der Waals surface area contributed by atoms with Crippen LogP contribution in [-0.4, -0.2) is 11.5 Å². The molecule has 0 aromatic carbocycles. The second-order valence-corrected chi connectivity index (χ2v) is 6.18. The van der Waals surface area contributed by atoms with Crippen molar-refractivity contribution in [3.05, 3.63) is 38.6 Å². The van der Waals surface area contributed by atoms with E-state index in [2.05, 4.69) is 32.3 Å². The van der Waals surface area contributed by atoms with Crippen LogP contribution in [0.1, 0.15) is 10.6 Å². The minimum absolute atomic E-state index is 0.263. The third kappa shape index (κ3) is 3.22. The predicted octanol–water partition coefficient (Wildman–Crippen LogP) is 3.01. The van der Waals surface area contributed by atoms with Crippen LogP contribution in [0.15, 0.2) is 28.1 Å². The number of nitriles is 1. The first-order chi connectivity index (χ1) is 8.69. The summed E-state index contributed by atoms with van der Waals surface area (Å²) in [5, 5.41) is 12.0. The molecule has 18 heavy (non-hydrogen) atoms. The molecule has 0 radical (unpaired) electrons. The largest absolute Gasteiger partial charge is 0.396 e. The first-order valence-corrected chi connectivity index (χ1v) is 6.94. The van der Waals surface area contributed by atoms with Crippen molar-refractivity contribution < 1.29 is 0 Å². The molecule has 0 spiro atoms. The van der Waals surface area contributed by atoms with Gasteiger partial charge in [-0.2, -0.15) is 5.26 Å². The van der Waals surface area contributed by atoms with Crippen molar-refractivity contribution in [1.29, 1.82) is 5.26 Å². The normalized spacial score (nSPS) is 10.0. The Hall–Kier alpha value is -1.58. The molecule has 0 saturated carbocycles. The van der Waals surface area contributed by atoms with E-state index in [1.807, 2.05) is 12.1 Å². The molecule has 0 saturated heterocycles. The molecule has 0 aliphatic rings. The van der Waals surface area contributed by atoms with Crippen molar-refractivity contribution in [2.75, 3.05) is 17.6 Å². The van der Waals surface area contributed by atoms with E-state index in [1.165, 1.54) is 4.88 Å². The third-order valence-electron chi connectivity index (χ3n) is 2.34. The van der Waals surface area contributed by atoms with Crippen molar-refractivity contribution in [3.63, 3.8) is 0 Å². The number of thiophene rings is 1. The van der Waals surface area contributed by atoms with Crippen LogP contribution in [-0.2, 0) is 6.42 Å². The SMILES string of the molecule is N#Cc1nc(NCCc2ccc(Br)s2)ccc1N. The molecule has 2 aromatic rings. The van der Waals surface area contributed by atoms with Crippen molar-refractivity contribution in [2.24, 2.45) is 0 Å². The highest BCUT2D eigenvalue weighted by molar-refractivity contribution is 9.11. The molecule has 2 aromatic heterocycles. The van der Waals surface area contributed by atoms with E-state index in [9.17, 15) is 0 Å². The summed E-state index contributed by atoms with van der Waals surface area (Å²) in [7, 11) is 0. The molecule has 3 N–H and O–H groups in total. The maximum atomic E-state index is 8.83. The molecule has 0 amide bonds. The van der Waals surface area contributed by atoms with E-state index >= 15 is 0 Å². The highest BCUT2D eigenvalue weighted by atomic mass is 79.9. The Balaban J connectivity index is 1.93. The highest BCUT2D eigenvalue weighted by Crippen LogP contribution is 2.22. The van der Waals surface area contributed by atoms with E-state index in [1.54, 1.807) is 23.5 Å². The molecular formula is C12H11BrN4S. The van der Waals surface area contributed by atoms with Crippen molar-refractivity contribution >= 4 is 38.8 Å². The minimum atomic E-state index is 0.263. The van der Waals surface area contributed by atoms with Gasteiger partial charge in [-0.15, -0.1) is 11.3 Å². The van der Waals surface area contributed by atoms with Gasteiger partial charge in [-0.25, -0.2) is 4.98 Å². The van der Waals surface area contributed by atoms with E-state index < -0.39 is 0 Å². The molecule has 6 heteroatoms. The fourth-order valence-electron chi connectivity index (χ4n) is 1.46. The van der Waals surface area contributed by atoms with Gasteiger partial charge in [0.05, 0.1) is 9.47 Å². The Bertz CT molecular complexity index is 588. The summed E-state index contributed by atoms with van der Waals surface area (Å²) in [5.74, 6) is 0.677. The number of hydrogen-bond acceptors (Lipinski definition) is 5. The monoisotopic (exact) mass is 322 g/mol. The first kappa shape index (κ1) is 12.9. The van der Waals surface area contributed by atoms with E-state index in [4.69, 9.17) is 11.0 Å². The second-order valence-electron chi connectivity index (χ2n) is 3.63. The first-order valence-electron chi connectivity index (χ1n) is 5.34. The number of rotatable bonds is 4. The van der Waals surface area contributed by atoms with Gasteiger partial charge in [-0.1, -0.05) is 0 Å². The zero-order chi connectivity index (χ0) is 13.0. The maximum absolute atomic E-state index is 8.83. The lowest BCUT2D eigenvalue weighted by molar-refractivity contribution is 1.03. The van der Waals surface area contributed by atoms with E-state index in [0.717, 1.165) is 16.8 Å². The summed E-state index contributed by atoms with van der Waals surface area (Å²) >= 11 is 5.15. The number of anilines is 2. The van der Waals surface area contributed by atoms with Gasteiger partial charge < -0.3 is 11.1 Å². The molecule has 0 aliphatic carbocycles. The lowest BCUT2D eigenvalue weighted by Gasteiger charge is -2.05. The Morgan fingerprint density at radius 1 is 1.39 bits per heavy atom. The van der Waals surface area contributed by atoms with Crippen LogP contribution < -0.4 is 11.1 Å². The quantitative estimate of drug-likeness (QED) is 0.907. The smallest absolute Gasteiger partial charge is 0.165 e. The van der Waals surface area contributed by atoms with E-state index in [-0.39, 0.29) is 5.69 Å². The summed E-state index contributed by atoms with van der Waals surface area (Å²) in [6, 6.07) is 9.56. The maximum Gasteiger partial charge on any atom is 0.165 e. The molecule has 92 valence electrons. The second kappa shape index (κ2) is 5.85. The molecule has 0 bridgehead atoms. The van der Waals surface area contributed by atoms with Gasteiger partial charge >= 0.3 is 0 Å². The standard InChI is InChI=1S/C12H11BrN4S/c13-11-3-1-8(18-11)5-6-16-12-4-2-9(15)10(7-14)17-12/h1-4H,5-6,15H2,(H,16,17). The van der Waals surface area contributed by atoms with Gasteiger partial charge in [0, 0.05) is 11.4 Å². The van der Waals surface area contributed by atoms with Crippen LogP contribution in [0.4, 0.5) is 11.5 Å². The number of nitrogens with two attached hydrogens (primary N) is 1. The van der Waals surface area contributed by atoms with Crippen LogP contribution in [0.25, 0.3) is 0 Å². The number of aromatic nitrogens is 1. The fourth-order valence-corrected chi connectivity index (χ4v) is 2.94. The topological polar surface area (TPSA) is 74.7 Å². The molecule has 4 nitrogen and oxygen atoms in total. The highest BCUT2D eigenvalue weighted by Gasteiger charge is 2.02. The van der Waals surface area contributed by atoms with Gasteiger partial charge in [0.15, 0.2) is 5.69 Å². The summed E-state index contributed by atoms with van der Waals surface area (Å²) in [6.07, 6.45) is 0.921. The minimum Gasteiger partial charge on any atom is -0.396 e. The average molecular weight is 323 g/mol. The van der Waals surface area contributed by atoms with Crippen LogP contribution in [0.3, 0.4) is 0 Å². The third-order valence-corrected chi connectivity index (χ3v) is 4.02. The van der Waals surface area contributed by atoms with Crippen molar-refractivity contribution in [1.82, 2.24) is 4.98 Å². The van der Waals surface area contributed by atoms with Crippen LogP contribution in [0.5, 0.6) is 0 Å².